The minimum absolute atomic E-state index is 0.240. The lowest BCUT2D eigenvalue weighted by Gasteiger charge is -1.98. The molecule has 0 saturated heterocycles. The number of benzene rings is 1. The Morgan fingerprint density at radius 2 is 1.94 bits per heavy atom. The highest BCUT2D eigenvalue weighted by molar-refractivity contribution is 9.10. The molecule has 17 heavy (non-hydrogen) atoms. The third-order valence-corrected chi connectivity index (χ3v) is 3.12. The lowest BCUT2D eigenvalue weighted by molar-refractivity contribution is 0.317. The third-order valence-electron chi connectivity index (χ3n) is 1.99. The van der Waals surface area contributed by atoms with Crippen molar-refractivity contribution in [3.63, 3.8) is 0 Å². The zero-order chi connectivity index (χ0) is 12.7. The van der Waals surface area contributed by atoms with Crippen molar-refractivity contribution in [3.05, 3.63) is 40.4 Å². The van der Waals surface area contributed by atoms with E-state index in [2.05, 4.69) is 20.1 Å². The van der Waals surface area contributed by atoms with Crippen molar-refractivity contribution in [2.45, 2.75) is 12.8 Å². The van der Waals surface area contributed by atoms with Gasteiger partial charge in [-0.1, -0.05) is 40.2 Å². The van der Waals surface area contributed by atoms with Crippen LogP contribution >= 0.6 is 15.9 Å². The average Bonchev–Trinajstić information content (AvgIpc) is 2.24. The molecular formula is C12H15BrO3S. The first kappa shape index (κ1) is 14.4. The van der Waals surface area contributed by atoms with Crippen molar-refractivity contribution >= 4 is 32.1 Å². The van der Waals surface area contributed by atoms with Gasteiger partial charge in [0.25, 0.3) is 10.1 Å². The van der Waals surface area contributed by atoms with Crippen LogP contribution in [0.4, 0.5) is 0 Å². The summed E-state index contributed by atoms with van der Waals surface area (Å²) in [6.45, 7) is 0.240. The van der Waals surface area contributed by atoms with Crippen LogP contribution in [0.5, 0.6) is 0 Å². The fourth-order valence-electron chi connectivity index (χ4n) is 1.20. The first-order valence-corrected chi connectivity index (χ1v) is 7.85. The molecule has 5 heteroatoms. The van der Waals surface area contributed by atoms with Crippen LogP contribution in [0.25, 0.3) is 6.08 Å². The SMILES string of the molecule is CS(=O)(=O)OCCC/C=C/c1ccc(Br)cc1. The predicted molar refractivity (Wildman–Crippen MR) is 73.2 cm³/mol. The number of unbranched alkanes of at least 4 members (excludes halogenated alkanes) is 1. The second-order valence-corrected chi connectivity index (χ2v) is 6.18. The number of hydrogen-bond donors (Lipinski definition) is 0. The van der Waals surface area contributed by atoms with Gasteiger partial charge < -0.3 is 0 Å². The molecule has 0 aliphatic rings. The standard InChI is InChI=1S/C12H15BrO3S/c1-17(14,15)16-10-4-2-3-5-11-6-8-12(13)9-7-11/h3,5-9H,2,4,10H2,1H3/b5-3+. The smallest absolute Gasteiger partial charge is 0.264 e. The molecule has 0 aromatic heterocycles. The molecule has 1 aromatic carbocycles. The van der Waals surface area contributed by atoms with Crippen LogP contribution < -0.4 is 0 Å². The highest BCUT2D eigenvalue weighted by Gasteiger charge is 1.98. The van der Waals surface area contributed by atoms with Gasteiger partial charge in [0.2, 0.25) is 0 Å². The molecular weight excluding hydrogens is 304 g/mol. The summed E-state index contributed by atoms with van der Waals surface area (Å²) >= 11 is 3.37. The summed E-state index contributed by atoms with van der Waals surface area (Å²) in [5.74, 6) is 0. The lowest BCUT2D eigenvalue weighted by atomic mass is 10.2. The quantitative estimate of drug-likeness (QED) is 0.597. The zero-order valence-corrected chi connectivity index (χ0v) is 12.0. The van der Waals surface area contributed by atoms with Crippen molar-refractivity contribution in [2.24, 2.45) is 0 Å². The minimum atomic E-state index is -3.30. The Labute approximate surface area is 111 Å². The molecule has 0 amide bonds. The van der Waals surface area contributed by atoms with E-state index in [1.165, 1.54) is 0 Å². The molecule has 94 valence electrons. The average molecular weight is 319 g/mol. The second kappa shape index (κ2) is 6.93. The first-order chi connectivity index (χ1) is 7.97. The molecule has 3 nitrogen and oxygen atoms in total. The maximum atomic E-state index is 10.7. The normalized spacial score (nSPS) is 12.1. The Kier molecular flexibility index (Phi) is 5.88. The van der Waals surface area contributed by atoms with Gasteiger partial charge in [-0.25, -0.2) is 0 Å². The Bertz CT molecular complexity index is 463. The Hall–Kier alpha value is -0.650. The Morgan fingerprint density at radius 1 is 1.29 bits per heavy atom. The highest BCUT2D eigenvalue weighted by Crippen LogP contribution is 2.11. The van der Waals surface area contributed by atoms with Crippen LogP contribution in [0.15, 0.2) is 34.8 Å². The molecule has 0 fully saturated rings. The highest BCUT2D eigenvalue weighted by atomic mass is 79.9. The third kappa shape index (κ3) is 7.31. The summed E-state index contributed by atoms with van der Waals surface area (Å²) in [7, 11) is -3.30. The number of allylic oxidation sites excluding steroid dienone is 1. The van der Waals surface area contributed by atoms with Gasteiger partial charge in [0.15, 0.2) is 0 Å². The first-order valence-electron chi connectivity index (χ1n) is 5.24. The van der Waals surface area contributed by atoms with Gasteiger partial charge in [-0.15, -0.1) is 0 Å². The minimum Gasteiger partial charge on any atom is -0.270 e. The van der Waals surface area contributed by atoms with Gasteiger partial charge in [-0.2, -0.15) is 8.42 Å². The fraction of sp³-hybridized carbons (Fsp3) is 0.333. The van der Waals surface area contributed by atoms with E-state index in [1.807, 2.05) is 36.4 Å². The van der Waals surface area contributed by atoms with Crippen LogP contribution in [-0.2, 0) is 14.3 Å². The largest absolute Gasteiger partial charge is 0.270 e. The molecule has 0 heterocycles. The molecule has 0 bridgehead atoms. The van der Waals surface area contributed by atoms with Crippen molar-refractivity contribution in [1.82, 2.24) is 0 Å². The molecule has 0 aliphatic carbocycles. The van der Waals surface area contributed by atoms with Crippen molar-refractivity contribution in [3.8, 4) is 0 Å². The van der Waals surface area contributed by atoms with E-state index in [0.29, 0.717) is 6.42 Å². The number of hydrogen-bond acceptors (Lipinski definition) is 3. The molecule has 1 rings (SSSR count). The summed E-state index contributed by atoms with van der Waals surface area (Å²) in [5.41, 5.74) is 1.12. The van der Waals surface area contributed by atoms with Crippen LogP contribution in [0.1, 0.15) is 18.4 Å². The second-order valence-electron chi connectivity index (χ2n) is 3.62. The van der Waals surface area contributed by atoms with Crippen molar-refractivity contribution in [2.75, 3.05) is 12.9 Å². The summed E-state index contributed by atoms with van der Waals surface area (Å²) in [5, 5.41) is 0. The van der Waals surface area contributed by atoms with Gasteiger partial charge in [-0.05, 0) is 30.5 Å². The van der Waals surface area contributed by atoms with E-state index >= 15 is 0 Å². The molecule has 1 aromatic rings. The van der Waals surface area contributed by atoms with E-state index in [4.69, 9.17) is 0 Å². The fourth-order valence-corrected chi connectivity index (χ4v) is 1.89. The van der Waals surface area contributed by atoms with E-state index in [-0.39, 0.29) is 6.61 Å². The monoisotopic (exact) mass is 318 g/mol. The maximum absolute atomic E-state index is 10.7. The van der Waals surface area contributed by atoms with Crippen LogP contribution in [0.3, 0.4) is 0 Å². The van der Waals surface area contributed by atoms with E-state index in [9.17, 15) is 8.42 Å². The Balaban J connectivity index is 2.25. The molecule has 0 unspecified atom stereocenters. The van der Waals surface area contributed by atoms with E-state index in [1.54, 1.807) is 0 Å². The molecule has 0 saturated carbocycles. The summed E-state index contributed by atoms with van der Waals surface area (Å²) in [6.07, 6.45) is 6.57. The van der Waals surface area contributed by atoms with Crippen LogP contribution in [0.2, 0.25) is 0 Å². The topological polar surface area (TPSA) is 43.4 Å². The molecule has 0 spiro atoms. The summed E-state index contributed by atoms with van der Waals surface area (Å²) in [6, 6.07) is 7.97. The number of rotatable bonds is 6. The van der Waals surface area contributed by atoms with Gasteiger partial charge in [0.05, 0.1) is 12.9 Å². The van der Waals surface area contributed by atoms with Crippen molar-refractivity contribution in [1.29, 1.82) is 0 Å². The maximum Gasteiger partial charge on any atom is 0.264 e. The lowest BCUT2D eigenvalue weighted by Crippen LogP contribution is -2.03. The predicted octanol–water partition coefficient (Wildman–Crippen LogP) is 3.22. The van der Waals surface area contributed by atoms with Crippen molar-refractivity contribution < 1.29 is 12.6 Å². The molecule has 0 radical (unpaired) electrons. The van der Waals surface area contributed by atoms with E-state index < -0.39 is 10.1 Å². The zero-order valence-electron chi connectivity index (χ0n) is 9.60. The van der Waals surface area contributed by atoms with Crippen LogP contribution in [-0.4, -0.2) is 21.3 Å². The molecule has 0 N–H and O–H groups in total. The van der Waals surface area contributed by atoms with Crippen LogP contribution in [0, 0.1) is 0 Å². The van der Waals surface area contributed by atoms with Gasteiger partial charge in [0.1, 0.15) is 0 Å². The summed E-state index contributed by atoms with van der Waals surface area (Å²) in [4.78, 5) is 0. The van der Waals surface area contributed by atoms with Gasteiger partial charge in [0, 0.05) is 4.47 Å². The van der Waals surface area contributed by atoms with Gasteiger partial charge >= 0.3 is 0 Å². The Morgan fingerprint density at radius 3 is 2.53 bits per heavy atom. The molecule has 0 aliphatic heterocycles. The molecule has 0 atom stereocenters. The van der Waals surface area contributed by atoms with Gasteiger partial charge in [-0.3, -0.25) is 4.18 Å². The number of halogens is 1. The summed E-state index contributed by atoms with van der Waals surface area (Å²) < 4.78 is 27.0. The van der Waals surface area contributed by atoms with E-state index in [0.717, 1.165) is 22.7 Å².